The zero-order chi connectivity index (χ0) is 25.7. The van der Waals surface area contributed by atoms with Gasteiger partial charge in [-0.2, -0.15) is 0 Å². The molecule has 4 rings (SSSR count). The minimum atomic E-state index is -0.596. The molecule has 0 aromatic carbocycles. The van der Waals surface area contributed by atoms with Crippen LogP contribution in [-0.2, 0) is 19.2 Å². The van der Waals surface area contributed by atoms with Crippen molar-refractivity contribution >= 4 is 23.6 Å². The van der Waals surface area contributed by atoms with Crippen LogP contribution in [-0.4, -0.2) is 45.0 Å². The van der Waals surface area contributed by atoms with Crippen molar-refractivity contribution in [3.8, 4) is 0 Å². The Morgan fingerprint density at radius 3 is 1.43 bits per heavy atom. The van der Waals surface area contributed by atoms with E-state index >= 15 is 0 Å². The molecule has 4 amide bonds. The van der Waals surface area contributed by atoms with Gasteiger partial charge in [-0.3, -0.25) is 29.0 Å². The molecule has 2 heterocycles. The van der Waals surface area contributed by atoms with E-state index in [-0.39, 0.29) is 58.8 Å². The highest BCUT2D eigenvalue weighted by atomic mass is 16.2. The second kappa shape index (κ2) is 9.63. The van der Waals surface area contributed by atoms with Crippen LogP contribution in [0.5, 0.6) is 0 Å². The van der Waals surface area contributed by atoms with Crippen molar-refractivity contribution in [3.05, 3.63) is 0 Å². The molecule has 0 aromatic rings. The van der Waals surface area contributed by atoms with Crippen LogP contribution in [0.1, 0.15) is 112 Å². The quantitative estimate of drug-likeness (QED) is 0.469. The van der Waals surface area contributed by atoms with Crippen molar-refractivity contribution < 1.29 is 19.2 Å². The minimum Gasteiger partial charge on any atom is -0.279 e. The van der Waals surface area contributed by atoms with E-state index < -0.39 is 5.54 Å². The van der Waals surface area contributed by atoms with E-state index in [1.165, 1.54) is 11.3 Å². The number of hydrogen-bond donors (Lipinski definition) is 0. The summed E-state index contributed by atoms with van der Waals surface area (Å²) in [6, 6.07) is -0.0456. The molecule has 4 bridgehead atoms. The van der Waals surface area contributed by atoms with Crippen molar-refractivity contribution in [3.63, 3.8) is 0 Å². The zero-order valence-corrected chi connectivity index (χ0v) is 22.8. The molecule has 196 valence electrons. The summed E-state index contributed by atoms with van der Waals surface area (Å²) in [4.78, 5) is 57.2. The van der Waals surface area contributed by atoms with Crippen LogP contribution in [0.15, 0.2) is 0 Å². The fourth-order valence-corrected chi connectivity index (χ4v) is 7.35. The molecular formula is C29H46N2O4. The van der Waals surface area contributed by atoms with Gasteiger partial charge in [0, 0.05) is 35.3 Å². The summed E-state index contributed by atoms with van der Waals surface area (Å²) in [5.41, 5.74) is -0.316. The Kier molecular flexibility index (Phi) is 7.25. The Labute approximate surface area is 211 Å². The van der Waals surface area contributed by atoms with Crippen LogP contribution < -0.4 is 0 Å². The minimum absolute atomic E-state index is 0.0456. The molecule has 2 aliphatic heterocycles. The van der Waals surface area contributed by atoms with Crippen molar-refractivity contribution in [2.45, 2.75) is 124 Å². The summed E-state index contributed by atoms with van der Waals surface area (Å²) >= 11 is 0. The Balaban J connectivity index is 1.56. The van der Waals surface area contributed by atoms with Gasteiger partial charge in [0.25, 0.3) is 0 Å². The van der Waals surface area contributed by atoms with Gasteiger partial charge in [-0.1, -0.05) is 40.0 Å². The van der Waals surface area contributed by atoms with E-state index in [9.17, 15) is 19.2 Å². The number of piperidine rings is 2. The van der Waals surface area contributed by atoms with Gasteiger partial charge in [-0.05, 0) is 83.5 Å². The van der Waals surface area contributed by atoms with Crippen LogP contribution in [0.25, 0.3) is 0 Å². The lowest BCUT2D eigenvalue weighted by molar-refractivity contribution is -0.168. The first-order valence-corrected chi connectivity index (χ1v) is 14.0. The highest BCUT2D eigenvalue weighted by molar-refractivity contribution is 6.04. The summed E-state index contributed by atoms with van der Waals surface area (Å²) in [5, 5.41) is 0. The van der Waals surface area contributed by atoms with Gasteiger partial charge < -0.3 is 0 Å². The number of carbonyl (C=O) groups is 4. The molecular weight excluding hydrogens is 440 g/mol. The van der Waals surface area contributed by atoms with Crippen LogP contribution in [0.2, 0.25) is 0 Å². The molecule has 6 unspecified atom stereocenters. The van der Waals surface area contributed by atoms with Crippen molar-refractivity contribution in [2.75, 3.05) is 0 Å². The number of nitrogens with zero attached hydrogens (tertiary/aromatic N) is 2. The Hall–Kier alpha value is -1.72. The third-order valence-electron chi connectivity index (χ3n) is 9.28. The van der Waals surface area contributed by atoms with E-state index in [0.29, 0.717) is 31.6 Å². The maximum absolute atomic E-state index is 13.7. The topological polar surface area (TPSA) is 74.8 Å². The van der Waals surface area contributed by atoms with E-state index in [2.05, 4.69) is 20.8 Å². The predicted molar refractivity (Wildman–Crippen MR) is 135 cm³/mol. The number of carbonyl (C=O) groups excluding carboxylic acids is 4. The van der Waals surface area contributed by atoms with Gasteiger partial charge >= 0.3 is 0 Å². The number of imide groups is 2. The molecule has 6 atom stereocenters. The standard InChI is InChI=1S/C29H46N2O4/c1-28(2,3)22-10-7-8-12-23(13-9-11-22)30-24(32)18-14-19(25(30)33)16-21-17-20(15-18)26(34)31(27(21)35)29(4,5)6/h18-23H,7-17H2,1-6H3. The molecule has 2 saturated heterocycles. The third kappa shape index (κ3) is 5.22. The van der Waals surface area contributed by atoms with Gasteiger partial charge in [-0.15, -0.1) is 0 Å². The van der Waals surface area contributed by atoms with Crippen LogP contribution in [0.4, 0.5) is 0 Å². The van der Waals surface area contributed by atoms with Crippen molar-refractivity contribution in [1.82, 2.24) is 9.80 Å². The molecule has 4 fully saturated rings. The van der Waals surface area contributed by atoms with Crippen LogP contribution in [0.3, 0.4) is 0 Å². The lowest BCUT2D eigenvalue weighted by atomic mass is 9.69. The van der Waals surface area contributed by atoms with Gasteiger partial charge in [-0.25, -0.2) is 0 Å². The molecule has 0 N–H and O–H groups in total. The predicted octanol–water partition coefficient (Wildman–Crippen LogP) is 5.34. The maximum Gasteiger partial charge on any atom is 0.232 e. The average molecular weight is 487 g/mol. The van der Waals surface area contributed by atoms with E-state index in [0.717, 1.165) is 38.5 Å². The first-order chi connectivity index (χ1) is 16.3. The fraction of sp³-hybridized carbons (Fsp3) is 0.862. The van der Waals surface area contributed by atoms with Crippen molar-refractivity contribution in [2.24, 2.45) is 35.0 Å². The van der Waals surface area contributed by atoms with Gasteiger partial charge in [0.15, 0.2) is 0 Å². The normalized spacial score (nSPS) is 35.7. The first-order valence-electron chi connectivity index (χ1n) is 14.0. The highest BCUT2D eigenvalue weighted by Crippen LogP contribution is 2.45. The molecule has 4 aliphatic rings. The summed E-state index contributed by atoms with van der Waals surface area (Å²) in [6.07, 6.45) is 9.19. The maximum atomic E-state index is 13.7. The molecule has 0 aromatic heterocycles. The monoisotopic (exact) mass is 486 g/mol. The zero-order valence-electron chi connectivity index (χ0n) is 22.8. The second-order valence-electron chi connectivity index (χ2n) is 13.9. The Morgan fingerprint density at radius 2 is 0.971 bits per heavy atom. The highest BCUT2D eigenvalue weighted by Gasteiger charge is 2.53. The number of likely N-dealkylation sites (tertiary alicyclic amines) is 2. The lowest BCUT2D eigenvalue weighted by Gasteiger charge is -2.48. The average Bonchev–Trinajstić information content (AvgIpc) is 2.84. The van der Waals surface area contributed by atoms with E-state index in [1.807, 2.05) is 20.8 Å². The summed E-state index contributed by atoms with van der Waals surface area (Å²) in [6.45, 7) is 12.6. The fourth-order valence-electron chi connectivity index (χ4n) is 7.35. The van der Waals surface area contributed by atoms with E-state index in [1.54, 1.807) is 4.90 Å². The summed E-state index contributed by atoms with van der Waals surface area (Å²) in [5.74, 6) is -0.933. The molecule has 35 heavy (non-hydrogen) atoms. The largest absolute Gasteiger partial charge is 0.279 e. The Morgan fingerprint density at radius 1 is 0.571 bits per heavy atom. The van der Waals surface area contributed by atoms with Gasteiger partial charge in [0.05, 0.1) is 0 Å². The molecule has 6 heteroatoms. The first kappa shape index (κ1) is 26.3. The molecule has 2 saturated carbocycles. The summed E-state index contributed by atoms with van der Waals surface area (Å²) < 4.78 is 0. The molecule has 0 spiro atoms. The lowest BCUT2D eigenvalue weighted by Crippen LogP contribution is -2.61. The summed E-state index contributed by atoms with van der Waals surface area (Å²) in [7, 11) is 0. The third-order valence-corrected chi connectivity index (χ3v) is 9.28. The number of amides is 4. The second-order valence-corrected chi connectivity index (χ2v) is 13.9. The number of hydrogen-bond acceptors (Lipinski definition) is 4. The molecule has 6 nitrogen and oxygen atoms in total. The van der Waals surface area contributed by atoms with Gasteiger partial charge in [0.1, 0.15) is 0 Å². The van der Waals surface area contributed by atoms with Crippen LogP contribution in [0, 0.1) is 35.0 Å². The number of fused-ring (bicyclic) bond motifs is 4. The van der Waals surface area contributed by atoms with Crippen LogP contribution >= 0.6 is 0 Å². The number of rotatable bonds is 1. The van der Waals surface area contributed by atoms with Crippen molar-refractivity contribution in [1.29, 1.82) is 0 Å². The molecule has 2 aliphatic carbocycles. The Bertz CT molecular complexity index is 825. The smallest absolute Gasteiger partial charge is 0.232 e. The van der Waals surface area contributed by atoms with E-state index in [4.69, 9.17) is 0 Å². The van der Waals surface area contributed by atoms with Gasteiger partial charge in [0.2, 0.25) is 23.6 Å². The molecule has 0 radical (unpaired) electrons. The SMILES string of the molecule is CC(C)(C)C1CCCCC(N2C(=O)C3CC(CC4CC(C3)C(=O)N(C(C)(C)C)C4=O)C2=O)CCC1.